The number of hydrogen-bond acceptors (Lipinski definition) is 2. The summed E-state index contributed by atoms with van der Waals surface area (Å²) >= 11 is 0. The van der Waals surface area contributed by atoms with E-state index in [4.69, 9.17) is 0 Å². The molecule has 0 spiro atoms. The van der Waals surface area contributed by atoms with Crippen LogP contribution in [0.25, 0.3) is 0 Å². The van der Waals surface area contributed by atoms with Gasteiger partial charge in [0.2, 0.25) is 0 Å². The van der Waals surface area contributed by atoms with Crippen molar-refractivity contribution in [1.29, 1.82) is 0 Å². The number of hydrogen-bond donors (Lipinski definition) is 2. The number of aliphatic hydroxyl groups excluding tert-OH is 2. The maximum Gasteiger partial charge on any atom is 0.0819 e. The molecule has 0 fully saturated rings. The van der Waals surface area contributed by atoms with Gasteiger partial charge < -0.3 is 10.2 Å². The van der Waals surface area contributed by atoms with Crippen LogP contribution >= 0.6 is 9.24 Å². The van der Waals surface area contributed by atoms with E-state index in [-0.39, 0.29) is 11.8 Å². The van der Waals surface area contributed by atoms with Crippen molar-refractivity contribution < 1.29 is 10.2 Å². The van der Waals surface area contributed by atoms with Gasteiger partial charge in [-0.3, -0.25) is 0 Å². The highest BCUT2D eigenvalue weighted by Gasteiger charge is 2.18. The molecule has 17 heavy (non-hydrogen) atoms. The molecule has 2 N–H and O–H groups in total. The molecule has 3 heteroatoms. The van der Waals surface area contributed by atoms with E-state index in [0.29, 0.717) is 0 Å². The van der Waals surface area contributed by atoms with Gasteiger partial charge >= 0.3 is 0 Å². The minimum atomic E-state index is -0.484. The highest BCUT2D eigenvalue weighted by Crippen LogP contribution is 2.27. The Morgan fingerprint density at radius 3 is 1.94 bits per heavy atom. The van der Waals surface area contributed by atoms with Crippen molar-refractivity contribution in [2.45, 2.75) is 39.9 Å². The smallest absolute Gasteiger partial charge is 0.0819 e. The lowest BCUT2D eigenvalue weighted by Gasteiger charge is -2.21. The van der Waals surface area contributed by atoms with Gasteiger partial charge in [0.15, 0.2) is 0 Å². The van der Waals surface area contributed by atoms with Crippen molar-refractivity contribution in [3.05, 3.63) is 29.3 Å². The second-order valence-electron chi connectivity index (χ2n) is 5.27. The van der Waals surface area contributed by atoms with Gasteiger partial charge in [0, 0.05) is 0 Å². The predicted molar refractivity (Wildman–Crippen MR) is 75.4 cm³/mol. The largest absolute Gasteiger partial charge is 0.388 e. The molecule has 0 radical (unpaired) electrons. The first-order chi connectivity index (χ1) is 7.84. The van der Waals surface area contributed by atoms with Crippen LogP contribution in [0.5, 0.6) is 0 Å². The Balaban J connectivity index is 3.10. The Hall–Kier alpha value is -0.430. The summed E-state index contributed by atoms with van der Waals surface area (Å²) in [5.74, 6) is 0.343. The highest BCUT2D eigenvalue weighted by molar-refractivity contribution is 7.27. The fourth-order valence-corrected chi connectivity index (χ4v) is 2.13. The number of rotatable bonds is 4. The molecule has 1 aromatic carbocycles. The van der Waals surface area contributed by atoms with Crippen LogP contribution in [0, 0.1) is 11.8 Å². The van der Waals surface area contributed by atoms with Gasteiger partial charge in [0.25, 0.3) is 0 Å². The highest BCUT2D eigenvalue weighted by atomic mass is 31.0. The van der Waals surface area contributed by atoms with E-state index in [1.807, 2.05) is 45.9 Å². The Morgan fingerprint density at radius 2 is 1.47 bits per heavy atom. The average molecular weight is 254 g/mol. The monoisotopic (exact) mass is 254 g/mol. The summed E-state index contributed by atoms with van der Waals surface area (Å²) in [7, 11) is 2.64. The quantitative estimate of drug-likeness (QED) is 0.811. The first-order valence-electron chi connectivity index (χ1n) is 6.10. The van der Waals surface area contributed by atoms with Crippen LogP contribution in [-0.4, -0.2) is 10.2 Å². The normalized spacial score (nSPS) is 15.4. The minimum Gasteiger partial charge on any atom is -0.388 e. The van der Waals surface area contributed by atoms with Gasteiger partial charge in [-0.2, -0.15) is 0 Å². The summed E-state index contributed by atoms with van der Waals surface area (Å²) in [5, 5.41) is 21.2. The zero-order valence-electron chi connectivity index (χ0n) is 11.0. The lowest BCUT2D eigenvalue weighted by atomic mass is 9.93. The lowest BCUT2D eigenvalue weighted by molar-refractivity contribution is 0.121. The van der Waals surface area contributed by atoms with Gasteiger partial charge in [-0.25, -0.2) is 0 Å². The molecule has 0 aromatic heterocycles. The molecule has 3 unspecified atom stereocenters. The molecule has 0 saturated heterocycles. The third kappa shape index (κ3) is 3.51. The molecule has 0 bridgehead atoms. The van der Waals surface area contributed by atoms with Gasteiger partial charge in [0.05, 0.1) is 12.2 Å². The molecule has 0 aliphatic rings. The molecule has 2 nitrogen and oxygen atoms in total. The average Bonchev–Trinajstić information content (AvgIpc) is 2.27. The second kappa shape index (κ2) is 5.95. The van der Waals surface area contributed by atoms with Crippen LogP contribution in [0.3, 0.4) is 0 Å². The van der Waals surface area contributed by atoms with Crippen LogP contribution in [0.15, 0.2) is 18.2 Å². The summed E-state index contributed by atoms with van der Waals surface area (Å²) < 4.78 is 0. The molecule has 0 aliphatic heterocycles. The lowest BCUT2D eigenvalue weighted by Crippen LogP contribution is -2.15. The van der Waals surface area contributed by atoms with Crippen LogP contribution in [0.4, 0.5) is 0 Å². The molecule has 0 saturated carbocycles. The third-order valence-electron chi connectivity index (χ3n) is 3.03. The fourth-order valence-electron chi connectivity index (χ4n) is 1.78. The van der Waals surface area contributed by atoms with E-state index in [0.717, 1.165) is 16.4 Å². The molecule has 3 atom stereocenters. The Labute approximate surface area is 106 Å². The van der Waals surface area contributed by atoms with E-state index in [1.54, 1.807) is 0 Å². The second-order valence-corrected chi connectivity index (χ2v) is 5.89. The van der Waals surface area contributed by atoms with Gasteiger partial charge in [0.1, 0.15) is 0 Å². The van der Waals surface area contributed by atoms with Crippen molar-refractivity contribution in [1.82, 2.24) is 0 Å². The Morgan fingerprint density at radius 1 is 0.941 bits per heavy atom. The molecule has 0 amide bonds. The standard InChI is InChI=1S/C14H23O2P/c1-8(2)13(15)10-5-6-12(17)11(7-10)14(16)9(3)4/h5-9,13-16H,17H2,1-4H3. The van der Waals surface area contributed by atoms with Crippen molar-refractivity contribution in [3.8, 4) is 0 Å². The molecule has 0 aliphatic carbocycles. The van der Waals surface area contributed by atoms with Crippen molar-refractivity contribution >= 4 is 14.5 Å². The van der Waals surface area contributed by atoms with Crippen molar-refractivity contribution in [2.24, 2.45) is 11.8 Å². The maximum absolute atomic E-state index is 10.1. The zero-order chi connectivity index (χ0) is 13.2. The van der Waals surface area contributed by atoms with Gasteiger partial charge in [-0.15, -0.1) is 9.24 Å². The van der Waals surface area contributed by atoms with Gasteiger partial charge in [-0.05, 0) is 34.3 Å². The maximum atomic E-state index is 10.1. The fraction of sp³-hybridized carbons (Fsp3) is 0.571. The summed E-state index contributed by atoms with van der Waals surface area (Å²) in [4.78, 5) is 0. The van der Waals surface area contributed by atoms with Crippen LogP contribution in [-0.2, 0) is 0 Å². The molecular weight excluding hydrogens is 231 g/mol. The molecule has 1 aromatic rings. The number of benzene rings is 1. The summed E-state index contributed by atoms with van der Waals surface area (Å²) in [6, 6.07) is 5.77. The van der Waals surface area contributed by atoms with Crippen LogP contribution in [0.1, 0.15) is 51.0 Å². The van der Waals surface area contributed by atoms with Crippen LogP contribution in [0.2, 0.25) is 0 Å². The topological polar surface area (TPSA) is 40.5 Å². The van der Waals surface area contributed by atoms with E-state index >= 15 is 0 Å². The molecular formula is C14H23O2P. The van der Waals surface area contributed by atoms with E-state index in [2.05, 4.69) is 9.24 Å². The van der Waals surface area contributed by atoms with E-state index in [1.165, 1.54) is 0 Å². The Kier molecular flexibility index (Phi) is 5.12. The molecule has 1 rings (SSSR count). The SMILES string of the molecule is CC(C)C(O)c1ccc(P)c(C(O)C(C)C)c1. The van der Waals surface area contributed by atoms with Gasteiger partial charge in [-0.1, -0.05) is 39.8 Å². The first-order valence-corrected chi connectivity index (χ1v) is 6.67. The molecule has 0 heterocycles. The van der Waals surface area contributed by atoms with E-state index in [9.17, 15) is 10.2 Å². The summed E-state index contributed by atoms with van der Waals surface area (Å²) in [5.41, 5.74) is 1.77. The van der Waals surface area contributed by atoms with E-state index < -0.39 is 12.2 Å². The Bertz CT molecular complexity index is 374. The van der Waals surface area contributed by atoms with Crippen molar-refractivity contribution in [2.75, 3.05) is 0 Å². The number of aliphatic hydroxyl groups is 2. The summed E-state index contributed by atoms with van der Waals surface area (Å²) in [6.07, 6.45) is -0.958. The summed E-state index contributed by atoms with van der Waals surface area (Å²) in [6.45, 7) is 7.94. The van der Waals surface area contributed by atoms with Crippen LogP contribution < -0.4 is 5.30 Å². The predicted octanol–water partition coefficient (Wildman–Crippen LogP) is 2.57. The molecule has 96 valence electrons. The zero-order valence-corrected chi connectivity index (χ0v) is 12.2. The third-order valence-corrected chi connectivity index (χ3v) is 3.56. The first kappa shape index (κ1) is 14.6. The minimum absolute atomic E-state index is 0.167. The van der Waals surface area contributed by atoms with Crippen molar-refractivity contribution in [3.63, 3.8) is 0 Å².